The molecule has 0 aliphatic rings. The third-order valence-electron chi connectivity index (χ3n) is 6.70. The molecule has 4 rings (SSSR count). The molecule has 0 saturated carbocycles. The minimum Gasteiger partial charge on any atom is -0.0648 e. The monoisotopic (exact) mass is 418 g/mol. The Morgan fingerprint density at radius 3 is 1.25 bits per heavy atom. The first-order valence-electron chi connectivity index (χ1n) is 12.0. The molecule has 0 aliphatic carbocycles. The molecule has 2 unspecified atom stereocenters. The Kier molecular flexibility index (Phi) is 7.93. The van der Waals surface area contributed by atoms with Gasteiger partial charge in [0, 0.05) is 0 Å². The highest BCUT2D eigenvalue weighted by atomic mass is 14.3. The summed E-state index contributed by atoms with van der Waals surface area (Å²) < 4.78 is 0. The minimum atomic E-state index is 0.501. The molecule has 32 heavy (non-hydrogen) atoms. The van der Waals surface area contributed by atoms with Gasteiger partial charge in [-0.15, -0.1) is 0 Å². The van der Waals surface area contributed by atoms with Crippen LogP contribution in [-0.4, -0.2) is 0 Å². The van der Waals surface area contributed by atoms with Crippen molar-refractivity contribution in [2.24, 2.45) is 5.92 Å². The molecule has 4 aromatic carbocycles. The summed E-state index contributed by atoms with van der Waals surface area (Å²) in [5.41, 5.74) is 5.80. The van der Waals surface area contributed by atoms with E-state index in [-0.39, 0.29) is 0 Å². The molecule has 0 amide bonds. The van der Waals surface area contributed by atoms with Crippen molar-refractivity contribution in [3.8, 4) is 0 Å². The van der Waals surface area contributed by atoms with Crippen molar-refractivity contribution < 1.29 is 0 Å². The molecule has 4 aromatic rings. The van der Waals surface area contributed by atoms with Gasteiger partial charge in [0.05, 0.1) is 0 Å². The van der Waals surface area contributed by atoms with Crippen molar-refractivity contribution in [3.05, 3.63) is 144 Å². The second-order valence-corrected chi connectivity index (χ2v) is 8.92. The SMILES string of the molecule is CCC(c1ccccc1)C(CC(Cc1ccccc1)Cc1ccccc1)c1ccccc1. The second-order valence-electron chi connectivity index (χ2n) is 8.92. The lowest BCUT2D eigenvalue weighted by Crippen LogP contribution is -2.18. The normalized spacial score (nSPS) is 13.1. The van der Waals surface area contributed by atoms with Crippen molar-refractivity contribution in [2.45, 2.75) is 44.4 Å². The Balaban J connectivity index is 1.67. The van der Waals surface area contributed by atoms with E-state index >= 15 is 0 Å². The number of rotatable bonds is 10. The summed E-state index contributed by atoms with van der Waals surface area (Å²) in [6, 6.07) is 44.4. The van der Waals surface area contributed by atoms with Crippen LogP contribution in [-0.2, 0) is 12.8 Å². The van der Waals surface area contributed by atoms with Crippen LogP contribution in [0.3, 0.4) is 0 Å². The van der Waals surface area contributed by atoms with E-state index in [2.05, 4.69) is 128 Å². The van der Waals surface area contributed by atoms with Gasteiger partial charge in [0.1, 0.15) is 0 Å². The molecule has 2 atom stereocenters. The lowest BCUT2D eigenvalue weighted by molar-refractivity contribution is 0.383. The Morgan fingerprint density at radius 1 is 0.469 bits per heavy atom. The highest BCUT2D eigenvalue weighted by molar-refractivity contribution is 5.29. The largest absolute Gasteiger partial charge is 0.0648 e. The van der Waals surface area contributed by atoms with Gasteiger partial charge in [-0.1, -0.05) is 128 Å². The van der Waals surface area contributed by atoms with Crippen molar-refractivity contribution in [2.75, 3.05) is 0 Å². The maximum Gasteiger partial charge on any atom is -0.00903 e. The van der Waals surface area contributed by atoms with Crippen LogP contribution in [0.15, 0.2) is 121 Å². The van der Waals surface area contributed by atoms with Gasteiger partial charge in [-0.05, 0) is 65.7 Å². The maximum atomic E-state index is 2.34. The molecule has 0 heteroatoms. The van der Waals surface area contributed by atoms with Gasteiger partial charge in [-0.2, -0.15) is 0 Å². The van der Waals surface area contributed by atoms with Crippen molar-refractivity contribution in [1.29, 1.82) is 0 Å². The van der Waals surface area contributed by atoms with E-state index in [0.29, 0.717) is 17.8 Å². The molecule has 0 fully saturated rings. The molecule has 0 radical (unpaired) electrons. The smallest absolute Gasteiger partial charge is 0.00903 e. The Labute approximate surface area is 194 Å². The highest BCUT2D eigenvalue weighted by Crippen LogP contribution is 2.41. The van der Waals surface area contributed by atoms with Crippen LogP contribution in [0.1, 0.15) is 53.9 Å². The quantitative estimate of drug-likeness (QED) is 0.242. The number of hydrogen-bond donors (Lipinski definition) is 0. The van der Waals surface area contributed by atoms with E-state index in [0.717, 1.165) is 19.3 Å². The summed E-state index contributed by atoms with van der Waals surface area (Å²) in [6.45, 7) is 2.34. The van der Waals surface area contributed by atoms with Crippen molar-refractivity contribution in [3.63, 3.8) is 0 Å². The summed E-state index contributed by atoms with van der Waals surface area (Å²) >= 11 is 0. The predicted octanol–water partition coefficient (Wildman–Crippen LogP) is 8.46. The zero-order chi connectivity index (χ0) is 22.0. The number of benzene rings is 4. The highest BCUT2D eigenvalue weighted by Gasteiger charge is 2.27. The maximum absolute atomic E-state index is 2.34. The van der Waals surface area contributed by atoms with E-state index in [4.69, 9.17) is 0 Å². The second kappa shape index (κ2) is 11.5. The average Bonchev–Trinajstić information content (AvgIpc) is 2.86. The zero-order valence-electron chi connectivity index (χ0n) is 19.1. The first kappa shape index (κ1) is 22.1. The Hall–Kier alpha value is -3.12. The van der Waals surface area contributed by atoms with Gasteiger partial charge in [0.2, 0.25) is 0 Å². The van der Waals surface area contributed by atoms with Crippen LogP contribution in [0.4, 0.5) is 0 Å². The Bertz CT molecular complexity index is 981. The van der Waals surface area contributed by atoms with Crippen LogP contribution in [0.5, 0.6) is 0 Å². The summed E-state index contributed by atoms with van der Waals surface area (Å²) in [4.78, 5) is 0. The molecule has 0 heterocycles. The van der Waals surface area contributed by atoms with E-state index < -0.39 is 0 Å². The topological polar surface area (TPSA) is 0 Å². The summed E-state index contributed by atoms with van der Waals surface area (Å²) in [5, 5.41) is 0. The molecule has 0 spiro atoms. The van der Waals surface area contributed by atoms with E-state index in [1.807, 2.05) is 0 Å². The van der Waals surface area contributed by atoms with Crippen LogP contribution < -0.4 is 0 Å². The lowest BCUT2D eigenvalue weighted by atomic mass is 9.73. The molecule has 0 aliphatic heterocycles. The zero-order valence-corrected chi connectivity index (χ0v) is 19.1. The first-order valence-corrected chi connectivity index (χ1v) is 12.0. The first-order chi connectivity index (χ1) is 15.8. The standard InChI is InChI=1S/C32H34/c1-2-31(29-19-11-5-12-20-29)32(30-21-13-6-14-22-30)25-28(23-26-15-7-3-8-16-26)24-27-17-9-4-10-18-27/h3-22,28,31-32H,2,23-25H2,1H3. The third kappa shape index (κ3) is 5.98. The van der Waals surface area contributed by atoms with Crippen molar-refractivity contribution >= 4 is 0 Å². The van der Waals surface area contributed by atoms with Gasteiger partial charge in [-0.3, -0.25) is 0 Å². The summed E-state index contributed by atoms with van der Waals surface area (Å²) in [7, 11) is 0. The average molecular weight is 419 g/mol. The van der Waals surface area contributed by atoms with E-state index in [1.54, 1.807) is 0 Å². The molecular weight excluding hydrogens is 384 g/mol. The minimum absolute atomic E-state index is 0.501. The fourth-order valence-electron chi connectivity index (χ4n) is 5.18. The van der Waals surface area contributed by atoms with Gasteiger partial charge >= 0.3 is 0 Å². The Morgan fingerprint density at radius 2 is 0.844 bits per heavy atom. The van der Waals surface area contributed by atoms with Crippen LogP contribution in [0, 0.1) is 5.92 Å². The fraction of sp³-hybridized carbons (Fsp3) is 0.250. The molecule has 0 bridgehead atoms. The van der Waals surface area contributed by atoms with Crippen LogP contribution >= 0.6 is 0 Å². The molecule has 0 N–H and O–H groups in total. The molecule has 0 nitrogen and oxygen atoms in total. The molecule has 0 aromatic heterocycles. The summed E-state index contributed by atoms with van der Waals surface area (Å²) in [5.74, 6) is 1.61. The van der Waals surface area contributed by atoms with Gasteiger partial charge in [-0.25, -0.2) is 0 Å². The van der Waals surface area contributed by atoms with Gasteiger partial charge < -0.3 is 0 Å². The predicted molar refractivity (Wildman–Crippen MR) is 137 cm³/mol. The molecule has 0 saturated heterocycles. The van der Waals surface area contributed by atoms with Crippen molar-refractivity contribution in [1.82, 2.24) is 0 Å². The van der Waals surface area contributed by atoms with E-state index in [9.17, 15) is 0 Å². The van der Waals surface area contributed by atoms with Crippen LogP contribution in [0.25, 0.3) is 0 Å². The lowest BCUT2D eigenvalue weighted by Gasteiger charge is -2.31. The van der Waals surface area contributed by atoms with E-state index in [1.165, 1.54) is 28.7 Å². The summed E-state index contributed by atoms with van der Waals surface area (Å²) in [6.07, 6.45) is 4.56. The molecule has 162 valence electrons. The van der Waals surface area contributed by atoms with Gasteiger partial charge in [0.25, 0.3) is 0 Å². The fourth-order valence-corrected chi connectivity index (χ4v) is 5.18. The third-order valence-corrected chi connectivity index (χ3v) is 6.70. The number of hydrogen-bond acceptors (Lipinski definition) is 0. The molecular formula is C32H34. The van der Waals surface area contributed by atoms with Gasteiger partial charge in [0.15, 0.2) is 0 Å². The van der Waals surface area contributed by atoms with Crippen LogP contribution in [0.2, 0.25) is 0 Å².